The van der Waals surface area contributed by atoms with E-state index in [0.29, 0.717) is 11.3 Å². The molecular weight excluding hydrogens is 452 g/mol. The number of fused-ring (bicyclic) bond motifs is 1. The Bertz CT molecular complexity index is 1480. The van der Waals surface area contributed by atoms with Crippen LogP contribution in [0.2, 0.25) is 0 Å². The van der Waals surface area contributed by atoms with Crippen LogP contribution in [0.3, 0.4) is 0 Å². The Morgan fingerprint density at radius 1 is 0.972 bits per heavy atom. The summed E-state index contributed by atoms with van der Waals surface area (Å²) in [4.78, 5) is 26.5. The summed E-state index contributed by atoms with van der Waals surface area (Å²) in [6.45, 7) is 10.0. The summed E-state index contributed by atoms with van der Waals surface area (Å²) in [6, 6.07) is 19.7. The van der Waals surface area contributed by atoms with Crippen LogP contribution in [0.4, 0.5) is 5.69 Å². The number of carbonyl (C=O) groups is 1. The predicted octanol–water partition coefficient (Wildman–Crippen LogP) is 5.53. The molecule has 0 spiro atoms. The minimum atomic E-state index is -0.401. The fourth-order valence-corrected chi connectivity index (χ4v) is 5.12. The van der Waals surface area contributed by atoms with E-state index in [4.69, 9.17) is 9.15 Å². The molecule has 1 aliphatic heterocycles. The zero-order valence-electron chi connectivity index (χ0n) is 20.9. The molecule has 0 radical (unpaired) electrons. The van der Waals surface area contributed by atoms with E-state index in [1.165, 1.54) is 18.6 Å². The van der Waals surface area contributed by atoms with Gasteiger partial charge in [0, 0.05) is 49.3 Å². The fraction of sp³-hybridized carbons (Fsp3) is 0.267. The zero-order valence-corrected chi connectivity index (χ0v) is 20.9. The fourth-order valence-electron chi connectivity index (χ4n) is 5.12. The van der Waals surface area contributed by atoms with Gasteiger partial charge in [-0.05, 0) is 65.4 Å². The molecule has 36 heavy (non-hydrogen) atoms. The predicted molar refractivity (Wildman–Crippen MR) is 143 cm³/mol. The summed E-state index contributed by atoms with van der Waals surface area (Å²) < 4.78 is 11.1. The van der Waals surface area contributed by atoms with Crippen molar-refractivity contribution in [3.05, 3.63) is 87.8 Å². The molecule has 1 fully saturated rings. The van der Waals surface area contributed by atoms with Crippen molar-refractivity contribution in [1.82, 2.24) is 4.90 Å². The van der Waals surface area contributed by atoms with Gasteiger partial charge in [0.1, 0.15) is 5.58 Å². The summed E-state index contributed by atoms with van der Waals surface area (Å²) in [5, 5.41) is 3.72. The van der Waals surface area contributed by atoms with E-state index in [-0.39, 0.29) is 5.91 Å². The van der Waals surface area contributed by atoms with Crippen LogP contribution in [-0.2, 0) is 16.1 Å². The first-order valence-corrected chi connectivity index (χ1v) is 12.2. The lowest BCUT2D eigenvalue weighted by Crippen LogP contribution is -2.35. The topological polar surface area (TPSA) is 71.8 Å². The van der Waals surface area contributed by atoms with E-state index in [0.717, 1.165) is 71.6 Å². The van der Waals surface area contributed by atoms with Gasteiger partial charge in [0.15, 0.2) is 0 Å². The van der Waals surface area contributed by atoms with Crippen molar-refractivity contribution in [2.75, 3.05) is 31.6 Å². The van der Waals surface area contributed by atoms with E-state index in [2.05, 4.69) is 41.4 Å². The summed E-state index contributed by atoms with van der Waals surface area (Å²) in [6.07, 6.45) is 0. The second-order valence-corrected chi connectivity index (χ2v) is 9.39. The van der Waals surface area contributed by atoms with Gasteiger partial charge < -0.3 is 14.5 Å². The Hall–Kier alpha value is -3.74. The molecular formula is C30H30N2O4. The number of morpholine rings is 1. The second kappa shape index (κ2) is 10.1. The van der Waals surface area contributed by atoms with E-state index in [9.17, 15) is 9.59 Å². The third kappa shape index (κ3) is 4.96. The normalized spacial score (nSPS) is 14.2. The van der Waals surface area contributed by atoms with E-state index in [1.807, 2.05) is 37.3 Å². The average Bonchev–Trinajstić information content (AvgIpc) is 2.85. The second-order valence-electron chi connectivity index (χ2n) is 9.39. The lowest BCUT2D eigenvalue weighted by atomic mass is 9.89. The molecule has 0 bridgehead atoms. The smallest absolute Gasteiger partial charge is 0.336 e. The molecule has 1 amide bonds. The number of amides is 1. The number of hydrogen-bond acceptors (Lipinski definition) is 5. The Labute approximate surface area is 210 Å². The molecule has 5 rings (SSSR count). The standard InChI is InChI=1S/C30H30N2O4/c1-19-15-27-30(26(17-28(34)36-27)24-5-4-6-25(16-24)31-21(3)33)20(2)29(19)23-9-7-22(8-10-23)18-32-11-13-35-14-12-32/h4-10,15-17H,11-14,18H2,1-3H3,(H,31,33). The molecule has 1 aromatic heterocycles. The van der Waals surface area contributed by atoms with Gasteiger partial charge in [-0.3, -0.25) is 9.69 Å². The van der Waals surface area contributed by atoms with Crippen molar-refractivity contribution in [2.45, 2.75) is 27.3 Å². The van der Waals surface area contributed by atoms with Crippen LogP contribution in [0, 0.1) is 13.8 Å². The van der Waals surface area contributed by atoms with E-state index >= 15 is 0 Å². The van der Waals surface area contributed by atoms with Crippen LogP contribution < -0.4 is 10.9 Å². The third-order valence-corrected chi connectivity index (χ3v) is 6.73. The number of hydrogen-bond donors (Lipinski definition) is 1. The monoisotopic (exact) mass is 482 g/mol. The molecule has 184 valence electrons. The molecule has 0 unspecified atom stereocenters. The van der Waals surface area contributed by atoms with Crippen molar-refractivity contribution in [1.29, 1.82) is 0 Å². The van der Waals surface area contributed by atoms with Crippen LogP contribution in [0.25, 0.3) is 33.2 Å². The SMILES string of the molecule is CC(=O)Nc1cccc(-c2cc(=O)oc3cc(C)c(-c4ccc(CN5CCOCC5)cc4)c(C)c23)c1. The molecule has 0 saturated carbocycles. The quantitative estimate of drug-likeness (QED) is 0.379. The van der Waals surface area contributed by atoms with Crippen molar-refractivity contribution in [2.24, 2.45) is 0 Å². The number of carbonyl (C=O) groups excluding carboxylic acids is 1. The minimum absolute atomic E-state index is 0.143. The van der Waals surface area contributed by atoms with Crippen molar-refractivity contribution >= 4 is 22.6 Å². The van der Waals surface area contributed by atoms with Crippen LogP contribution in [0.15, 0.2) is 69.9 Å². The van der Waals surface area contributed by atoms with Gasteiger partial charge in [0.05, 0.1) is 13.2 Å². The first kappa shape index (κ1) is 24.0. The van der Waals surface area contributed by atoms with E-state index in [1.54, 1.807) is 0 Å². The molecule has 4 aromatic rings. The van der Waals surface area contributed by atoms with Gasteiger partial charge >= 0.3 is 5.63 Å². The van der Waals surface area contributed by atoms with Crippen LogP contribution in [0.5, 0.6) is 0 Å². The average molecular weight is 483 g/mol. The van der Waals surface area contributed by atoms with Gasteiger partial charge in [-0.1, -0.05) is 36.4 Å². The Balaban J connectivity index is 1.58. The van der Waals surface area contributed by atoms with Crippen LogP contribution in [0.1, 0.15) is 23.6 Å². The Morgan fingerprint density at radius 2 is 1.72 bits per heavy atom. The first-order valence-electron chi connectivity index (χ1n) is 12.2. The summed E-state index contributed by atoms with van der Waals surface area (Å²) in [5.74, 6) is -0.143. The molecule has 0 atom stereocenters. The zero-order chi connectivity index (χ0) is 25.2. The van der Waals surface area contributed by atoms with Crippen molar-refractivity contribution < 1.29 is 13.9 Å². The van der Waals surface area contributed by atoms with Gasteiger partial charge in [0.2, 0.25) is 5.91 Å². The summed E-state index contributed by atoms with van der Waals surface area (Å²) >= 11 is 0. The maximum atomic E-state index is 12.5. The van der Waals surface area contributed by atoms with Crippen LogP contribution >= 0.6 is 0 Å². The number of nitrogens with one attached hydrogen (secondary N) is 1. The maximum absolute atomic E-state index is 12.5. The molecule has 1 N–H and O–H groups in total. The highest BCUT2D eigenvalue weighted by Gasteiger charge is 2.17. The first-order chi connectivity index (χ1) is 17.4. The minimum Gasteiger partial charge on any atom is -0.423 e. The van der Waals surface area contributed by atoms with E-state index < -0.39 is 5.63 Å². The Morgan fingerprint density at radius 3 is 2.44 bits per heavy atom. The number of rotatable bonds is 5. The number of anilines is 1. The number of benzene rings is 3. The Kier molecular flexibility index (Phi) is 6.72. The lowest BCUT2D eigenvalue weighted by molar-refractivity contribution is -0.114. The van der Waals surface area contributed by atoms with Gasteiger partial charge in [-0.25, -0.2) is 4.79 Å². The molecule has 0 aliphatic carbocycles. The number of ether oxygens (including phenoxy) is 1. The summed E-state index contributed by atoms with van der Waals surface area (Å²) in [5.41, 5.74) is 8.11. The molecule has 6 nitrogen and oxygen atoms in total. The van der Waals surface area contributed by atoms with Gasteiger partial charge in [-0.15, -0.1) is 0 Å². The highest BCUT2D eigenvalue weighted by Crippen LogP contribution is 2.38. The maximum Gasteiger partial charge on any atom is 0.336 e. The lowest BCUT2D eigenvalue weighted by Gasteiger charge is -2.26. The van der Waals surface area contributed by atoms with Crippen molar-refractivity contribution in [3.8, 4) is 22.3 Å². The van der Waals surface area contributed by atoms with Gasteiger partial charge in [0.25, 0.3) is 0 Å². The van der Waals surface area contributed by atoms with Gasteiger partial charge in [-0.2, -0.15) is 0 Å². The largest absolute Gasteiger partial charge is 0.423 e. The highest BCUT2D eigenvalue weighted by atomic mass is 16.5. The van der Waals surface area contributed by atoms with Crippen LogP contribution in [-0.4, -0.2) is 37.1 Å². The summed E-state index contributed by atoms with van der Waals surface area (Å²) in [7, 11) is 0. The molecule has 3 aromatic carbocycles. The third-order valence-electron chi connectivity index (χ3n) is 6.73. The molecule has 2 heterocycles. The molecule has 1 saturated heterocycles. The number of aryl methyl sites for hydroxylation is 2. The molecule has 6 heteroatoms. The highest BCUT2D eigenvalue weighted by molar-refractivity contribution is 6.01. The molecule has 1 aliphatic rings. The number of nitrogens with zero attached hydrogens (tertiary/aromatic N) is 1. The van der Waals surface area contributed by atoms with Crippen molar-refractivity contribution in [3.63, 3.8) is 0 Å².